The first-order valence-corrected chi connectivity index (χ1v) is 10.9. The first-order chi connectivity index (χ1) is 13.2. The lowest BCUT2D eigenvalue weighted by molar-refractivity contribution is 0.179. The van der Waals surface area contributed by atoms with Gasteiger partial charge in [-0.1, -0.05) is 41.4 Å². The molecule has 1 N–H and O–H groups in total. The summed E-state index contributed by atoms with van der Waals surface area (Å²) >= 11 is 12.5. The quantitative estimate of drug-likeness (QED) is 0.652. The van der Waals surface area contributed by atoms with Gasteiger partial charge in [-0.2, -0.15) is 0 Å². The van der Waals surface area contributed by atoms with Gasteiger partial charge in [0.2, 0.25) is 0 Å². The lowest BCUT2D eigenvalue weighted by Crippen LogP contribution is -2.37. The number of nitrogens with one attached hydrogen (secondary N) is 1. The number of aryl methyl sites for hydroxylation is 1. The maximum absolute atomic E-state index is 6.34. The van der Waals surface area contributed by atoms with Gasteiger partial charge in [0.15, 0.2) is 0 Å². The molecule has 2 nitrogen and oxygen atoms in total. The Morgan fingerprint density at radius 3 is 2.67 bits per heavy atom. The van der Waals surface area contributed by atoms with E-state index in [4.69, 9.17) is 23.2 Å². The minimum Gasteiger partial charge on any atom is -0.382 e. The number of hydrogen-bond donors (Lipinski definition) is 1. The van der Waals surface area contributed by atoms with Gasteiger partial charge < -0.3 is 10.2 Å². The van der Waals surface area contributed by atoms with Crippen molar-refractivity contribution < 1.29 is 0 Å². The van der Waals surface area contributed by atoms with Crippen LogP contribution in [-0.4, -0.2) is 30.6 Å². The van der Waals surface area contributed by atoms with E-state index in [2.05, 4.69) is 34.5 Å². The molecule has 4 heteroatoms. The smallest absolute Gasteiger partial charge is 0.0439 e. The Hall–Kier alpha value is -1.22. The topological polar surface area (TPSA) is 15.3 Å². The summed E-state index contributed by atoms with van der Waals surface area (Å²) in [6.07, 6.45) is 7.25. The highest BCUT2D eigenvalue weighted by molar-refractivity contribution is 6.33. The highest BCUT2D eigenvalue weighted by Crippen LogP contribution is 2.29. The van der Waals surface area contributed by atoms with Crippen molar-refractivity contribution in [2.45, 2.75) is 44.6 Å². The average Bonchev–Trinajstić information content (AvgIpc) is 2.70. The summed E-state index contributed by atoms with van der Waals surface area (Å²) in [7, 11) is 0. The number of rotatable bonds is 5. The second-order valence-corrected chi connectivity index (χ2v) is 8.89. The van der Waals surface area contributed by atoms with Crippen LogP contribution in [0, 0.1) is 5.92 Å². The maximum Gasteiger partial charge on any atom is 0.0439 e. The molecule has 2 aliphatic heterocycles. The van der Waals surface area contributed by atoms with Crippen molar-refractivity contribution in [3.05, 3.63) is 63.6 Å². The van der Waals surface area contributed by atoms with Gasteiger partial charge in [0.05, 0.1) is 0 Å². The fraction of sp³-hybridized carbons (Fsp3) is 0.478. The minimum atomic E-state index is 0.614. The molecular weight excluding hydrogens is 375 g/mol. The van der Waals surface area contributed by atoms with Gasteiger partial charge >= 0.3 is 0 Å². The van der Waals surface area contributed by atoms with Crippen LogP contribution in [0.5, 0.6) is 0 Å². The standard InChI is InChI=1S/C23H28Cl2N2/c24-20-6-8-22(25)19(16-20)15-17-9-12-27(13-10-17)14-11-21-7-5-18-3-1-2-4-23(18)26-21/h1-4,6,8,16-17,21,26H,5,7,9-15H2. The van der Waals surface area contributed by atoms with E-state index in [1.165, 1.54) is 68.6 Å². The molecule has 1 saturated heterocycles. The number of benzene rings is 2. The second kappa shape index (κ2) is 8.86. The van der Waals surface area contributed by atoms with Gasteiger partial charge in [0.25, 0.3) is 0 Å². The molecule has 1 fully saturated rings. The fourth-order valence-corrected chi connectivity index (χ4v) is 4.87. The molecule has 2 aromatic rings. The second-order valence-electron chi connectivity index (χ2n) is 8.05. The summed E-state index contributed by atoms with van der Waals surface area (Å²) in [5.41, 5.74) is 4.01. The molecule has 0 aromatic heterocycles. The molecule has 0 radical (unpaired) electrons. The predicted octanol–water partition coefficient (Wildman–Crippen LogP) is 6.06. The Bertz CT molecular complexity index is 769. The maximum atomic E-state index is 6.34. The molecule has 0 saturated carbocycles. The molecule has 2 aromatic carbocycles. The molecule has 0 bridgehead atoms. The number of anilines is 1. The van der Waals surface area contributed by atoms with E-state index in [9.17, 15) is 0 Å². The summed E-state index contributed by atoms with van der Waals surface area (Å²) < 4.78 is 0. The van der Waals surface area contributed by atoms with Crippen molar-refractivity contribution in [1.82, 2.24) is 4.90 Å². The summed E-state index contributed by atoms with van der Waals surface area (Å²) in [5.74, 6) is 0.719. The molecular formula is C23H28Cl2N2. The highest BCUT2D eigenvalue weighted by Gasteiger charge is 2.22. The van der Waals surface area contributed by atoms with Crippen LogP contribution in [0.15, 0.2) is 42.5 Å². The largest absolute Gasteiger partial charge is 0.382 e. The van der Waals surface area contributed by atoms with E-state index in [-0.39, 0.29) is 0 Å². The van der Waals surface area contributed by atoms with E-state index in [0.29, 0.717) is 6.04 Å². The van der Waals surface area contributed by atoms with Gasteiger partial charge in [-0.25, -0.2) is 0 Å². The van der Waals surface area contributed by atoms with Crippen molar-refractivity contribution in [2.24, 2.45) is 5.92 Å². The van der Waals surface area contributed by atoms with Gasteiger partial charge in [-0.15, -0.1) is 0 Å². The number of piperidine rings is 1. The SMILES string of the molecule is Clc1ccc(Cl)c(CC2CCN(CCC3CCc4ccccc4N3)CC2)c1. The molecule has 2 heterocycles. The van der Waals surface area contributed by atoms with E-state index in [1.54, 1.807) is 0 Å². The molecule has 144 valence electrons. The molecule has 1 unspecified atom stereocenters. The van der Waals surface area contributed by atoms with Gasteiger partial charge in [-0.3, -0.25) is 0 Å². The zero-order valence-corrected chi connectivity index (χ0v) is 17.3. The first kappa shape index (κ1) is 19.1. The van der Waals surface area contributed by atoms with E-state index >= 15 is 0 Å². The Balaban J connectivity index is 1.22. The lowest BCUT2D eigenvalue weighted by Gasteiger charge is -2.34. The molecule has 1 atom stereocenters. The zero-order valence-electron chi connectivity index (χ0n) is 15.8. The van der Waals surface area contributed by atoms with E-state index < -0.39 is 0 Å². The third-order valence-electron chi connectivity index (χ3n) is 6.16. The van der Waals surface area contributed by atoms with Crippen LogP contribution in [0.2, 0.25) is 10.0 Å². The number of likely N-dealkylation sites (tertiary alicyclic amines) is 1. The van der Waals surface area contributed by atoms with Crippen molar-refractivity contribution >= 4 is 28.9 Å². The van der Waals surface area contributed by atoms with Crippen molar-refractivity contribution in [3.8, 4) is 0 Å². The Labute approximate surface area is 172 Å². The van der Waals surface area contributed by atoms with Crippen LogP contribution >= 0.6 is 23.2 Å². The molecule has 0 aliphatic carbocycles. The van der Waals surface area contributed by atoms with Crippen LogP contribution in [0.25, 0.3) is 0 Å². The van der Waals surface area contributed by atoms with Crippen LogP contribution in [0.1, 0.15) is 36.8 Å². The summed E-state index contributed by atoms with van der Waals surface area (Å²) in [5, 5.41) is 5.37. The van der Waals surface area contributed by atoms with Crippen molar-refractivity contribution in [2.75, 3.05) is 25.0 Å². The van der Waals surface area contributed by atoms with Crippen LogP contribution in [-0.2, 0) is 12.8 Å². The number of fused-ring (bicyclic) bond motifs is 1. The molecule has 0 amide bonds. The molecule has 27 heavy (non-hydrogen) atoms. The van der Waals surface area contributed by atoms with Crippen molar-refractivity contribution in [1.29, 1.82) is 0 Å². The summed E-state index contributed by atoms with van der Waals surface area (Å²) in [6.45, 7) is 3.60. The zero-order chi connectivity index (χ0) is 18.6. The number of hydrogen-bond acceptors (Lipinski definition) is 2. The third-order valence-corrected chi connectivity index (χ3v) is 6.76. The third kappa shape index (κ3) is 4.99. The number of para-hydroxylation sites is 1. The Morgan fingerprint density at radius 1 is 1.00 bits per heavy atom. The van der Waals surface area contributed by atoms with Crippen molar-refractivity contribution in [3.63, 3.8) is 0 Å². The normalized spacial score (nSPS) is 20.9. The fourth-order valence-electron chi connectivity index (χ4n) is 4.48. The van der Waals surface area contributed by atoms with Gasteiger partial charge in [-0.05, 0) is 92.9 Å². The van der Waals surface area contributed by atoms with E-state index in [1.807, 2.05) is 18.2 Å². The minimum absolute atomic E-state index is 0.614. The monoisotopic (exact) mass is 402 g/mol. The first-order valence-electron chi connectivity index (χ1n) is 10.2. The number of nitrogens with zero attached hydrogens (tertiary/aromatic N) is 1. The summed E-state index contributed by atoms with van der Waals surface area (Å²) in [6, 6.07) is 15.2. The van der Waals surface area contributed by atoms with Crippen LogP contribution in [0.4, 0.5) is 5.69 Å². The predicted molar refractivity (Wildman–Crippen MR) is 116 cm³/mol. The van der Waals surface area contributed by atoms with Crippen LogP contribution < -0.4 is 5.32 Å². The van der Waals surface area contributed by atoms with E-state index in [0.717, 1.165) is 22.4 Å². The Morgan fingerprint density at radius 2 is 1.81 bits per heavy atom. The van der Waals surface area contributed by atoms with Gasteiger partial charge in [0.1, 0.15) is 0 Å². The summed E-state index contributed by atoms with van der Waals surface area (Å²) in [4.78, 5) is 2.64. The highest BCUT2D eigenvalue weighted by atomic mass is 35.5. The number of halogens is 2. The Kier molecular flexibility index (Phi) is 6.27. The lowest BCUT2D eigenvalue weighted by atomic mass is 9.90. The molecule has 2 aliphatic rings. The average molecular weight is 403 g/mol. The molecule has 4 rings (SSSR count). The molecule has 0 spiro atoms. The van der Waals surface area contributed by atoms with Gasteiger partial charge in [0, 0.05) is 28.3 Å². The van der Waals surface area contributed by atoms with Crippen LogP contribution in [0.3, 0.4) is 0 Å².